The number of nitrogens with zero attached hydrogens (tertiary/aromatic N) is 1. The maximum absolute atomic E-state index is 4.73. The molecule has 0 unspecified atom stereocenters. The summed E-state index contributed by atoms with van der Waals surface area (Å²) < 4.78 is 0. The standard InChI is InChI=1S/C14H22N2.H2/c1-10(2)14-11(3)4-7-13(16-14)9-15-8-12-5-6-12;/h4,7,10,12,15H,5-6,8-9H2,1-3H3;1H. The average Bonchev–Trinajstić information content (AvgIpc) is 3.04. The van der Waals surface area contributed by atoms with E-state index < -0.39 is 0 Å². The molecule has 1 fully saturated rings. The zero-order chi connectivity index (χ0) is 11.5. The molecule has 0 atom stereocenters. The van der Waals surface area contributed by atoms with Gasteiger partial charge in [0.1, 0.15) is 0 Å². The molecule has 90 valence electrons. The van der Waals surface area contributed by atoms with Crippen LogP contribution in [0, 0.1) is 12.8 Å². The molecule has 2 nitrogen and oxygen atoms in total. The second-order valence-corrected chi connectivity index (χ2v) is 5.23. The first-order chi connectivity index (χ1) is 7.66. The van der Waals surface area contributed by atoms with Crippen molar-refractivity contribution in [3.8, 4) is 0 Å². The third-order valence-corrected chi connectivity index (χ3v) is 3.18. The summed E-state index contributed by atoms with van der Waals surface area (Å²) >= 11 is 0. The minimum Gasteiger partial charge on any atom is -0.311 e. The van der Waals surface area contributed by atoms with Crippen molar-refractivity contribution in [2.24, 2.45) is 5.92 Å². The summed E-state index contributed by atoms with van der Waals surface area (Å²) in [4.78, 5) is 4.73. The number of nitrogens with one attached hydrogen (secondary N) is 1. The molecule has 1 aliphatic rings. The monoisotopic (exact) mass is 220 g/mol. The van der Waals surface area contributed by atoms with Crippen LogP contribution in [0.2, 0.25) is 0 Å². The SMILES string of the molecule is Cc1ccc(CNCC2CC2)nc1C(C)C.[HH]. The van der Waals surface area contributed by atoms with E-state index in [1.807, 2.05) is 0 Å². The summed E-state index contributed by atoms with van der Waals surface area (Å²) in [5.41, 5.74) is 3.72. The van der Waals surface area contributed by atoms with Gasteiger partial charge in [-0.2, -0.15) is 0 Å². The first-order valence-corrected chi connectivity index (χ1v) is 6.34. The summed E-state index contributed by atoms with van der Waals surface area (Å²) in [5, 5.41) is 3.49. The van der Waals surface area contributed by atoms with Gasteiger partial charge in [-0.05, 0) is 49.8 Å². The van der Waals surface area contributed by atoms with Crippen molar-refractivity contribution in [3.05, 3.63) is 29.1 Å². The topological polar surface area (TPSA) is 24.9 Å². The molecule has 16 heavy (non-hydrogen) atoms. The Balaban J connectivity index is 0.00000144. The van der Waals surface area contributed by atoms with Gasteiger partial charge in [0.2, 0.25) is 0 Å². The Kier molecular flexibility index (Phi) is 3.59. The third-order valence-electron chi connectivity index (χ3n) is 3.18. The van der Waals surface area contributed by atoms with E-state index in [2.05, 4.69) is 38.2 Å². The van der Waals surface area contributed by atoms with E-state index in [-0.39, 0.29) is 1.43 Å². The maximum Gasteiger partial charge on any atom is 0.0545 e. The zero-order valence-electron chi connectivity index (χ0n) is 10.6. The van der Waals surface area contributed by atoms with E-state index in [0.717, 1.165) is 19.0 Å². The summed E-state index contributed by atoms with van der Waals surface area (Å²) in [5.74, 6) is 1.46. The van der Waals surface area contributed by atoms with E-state index in [4.69, 9.17) is 4.98 Å². The lowest BCUT2D eigenvalue weighted by molar-refractivity contribution is 0.626. The fourth-order valence-electron chi connectivity index (χ4n) is 2.00. The Labute approximate surface area is 100.0 Å². The van der Waals surface area contributed by atoms with Gasteiger partial charge in [-0.15, -0.1) is 0 Å². The summed E-state index contributed by atoms with van der Waals surface area (Å²) in [6.07, 6.45) is 2.82. The lowest BCUT2D eigenvalue weighted by atomic mass is 10.0. The van der Waals surface area contributed by atoms with Crippen LogP contribution in [0.4, 0.5) is 0 Å². The molecule has 0 aliphatic heterocycles. The summed E-state index contributed by atoms with van der Waals surface area (Å²) in [6.45, 7) is 8.63. The van der Waals surface area contributed by atoms with Crippen molar-refractivity contribution in [1.29, 1.82) is 0 Å². The Bertz CT molecular complexity index is 359. The minimum absolute atomic E-state index is 0. The van der Waals surface area contributed by atoms with Crippen molar-refractivity contribution in [2.75, 3.05) is 6.54 Å². The van der Waals surface area contributed by atoms with E-state index in [9.17, 15) is 0 Å². The molecule has 0 saturated heterocycles. The number of hydrogen-bond acceptors (Lipinski definition) is 2. The molecule has 1 aromatic rings. The van der Waals surface area contributed by atoms with Gasteiger partial charge in [0.25, 0.3) is 0 Å². The lowest BCUT2D eigenvalue weighted by Gasteiger charge is -2.11. The number of hydrogen-bond donors (Lipinski definition) is 1. The molecule has 0 spiro atoms. The zero-order valence-corrected chi connectivity index (χ0v) is 10.6. The fourth-order valence-corrected chi connectivity index (χ4v) is 2.00. The van der Waals surface area contributed by atoms with Crippen molar-refractivity contribution in [3.63, 3.8) is 0 Å². The number of pyridine rings is 1. The van der Waals surface area contributed by atoms with Gasteiger partial charge in [-0.25, -0.2) is 0 Å². The summed E-state index contributed by atoms with van der Waals surface area (Å²) in [6, 6.07) is 4.33. The molecule has 1 heterocycles. The predicted octanol–water partition coefficient (Wildman–Crippen LogP) is 3.26. The third kappa shape index (κ3) is 3.05. The van der Waals surface area contributed by atoms with Gasteiger partial charge in [0, 0.05) is 13.7 Å². The Morgan fingerprint density at radius 2 is 2.19 bits per heavy atom. The highest BCUT2D eigenvalue weighted by molar-refractivity contribution is 5.24. The second kappa shape index (κ2) is 4.96. The first-order valence-electron chi connectivity index (χ1n) is 6.34. The van der Waals surface area contributed by atoms with E-state index in [1.165, 1.54) is 29.8 Å². The van der Waals surface area contributed by atoms with Gasteiger partial charge in [-0.1, -0.05) is 19.9 Å². The molecule has 2 rings (SSSR count). The van der Waals surface area contributed by atoms with E-state index in [1.54, 1.807) is 0 Å². The quantitative estimate of drug-likeness (QED) is 0.824. The molecule has 1 N–H and O–H groups in total. The smallest absolute Gasteiger partial charge is 0.0545 e. The Morgan fingerprint density at radius 3 is 2.81 bits per heavy atom. The number of rotatable bonds is 5. The predicted molar refractivity (Wildman–Crippen MR) is 69.6 cm³/mol. The van der Waals surface area contributed by atoms with Crippen LogP contribution in [0.1, 0.15) is 51.0 Å². The molecule has 0 amide bonds. The van der Waals surface area contributed by atoms with Gasteiger partial charge in [0.15, 0.2) is 0 Å². The van der Waals surface area contributed by atoms with Gasteiger partial charge in [0.05, 0.1) is 5.69 Å². The summed E-state index contributed by atoms with van der Waals surface area (Å²) in [7, 11) is 0. The number of aromatic nitrogens is 1. The van der Waals surface area contributed by atoms with Crippen LogP contribution < -0.4 is 5.32 Å². The van der Waals surface area contributed by atoms with Gasteiger partial charge in [-0.3, -0.25) is 4.98 Å². The molecule has 0 bridgehead atoms. The van der Waals surface area contributed by atoms with Gasteiger partial charge < -0.3 is 5.32 Å². The molecule has 2 heteroatoms. The fraction of sp³-hybridized carbons (Fsp3) is 0.643. The highest BCUT2D eigenvalue weighted by Gasteiger charge is 2.20. The highest BCUT2D eigenvalue weighted by atomic mass is 14.9. The molecule has 1 saturated carbocycles. The van der Waals surface area contributed by atoms with Crippen molar-refractivity contribution >= 4 is 0 Å². The average molecular weight is 220 g/mol. The molecule has 0 radical (unpaired) electrons. The normalized spacial score (nSPS) is 15.8. The molecular formula is C14H24N2. The van der Waals surface area contributed by atoms with E-state index in [0.29, 0.717) is 5.92 Å². The van der Waals surface area contributed by atoms with Crippen molar-refractivity contribution in [2.45, 2.75) is 46.1 Å². The first kappa shape index (κ1) is 11.6. The highest BCUT2D eigenvalue weighted by Crippen LogP contribution is 2.27. The van der Waals surface area contributed by atoms with E-state index >= 15 is 0 Å². The molecule has 1 aromatic heterocycles. The van der Waals surface area contributed by atoms with Crippen LogP contribution in [0.25, 0.3) is 0 Å². The van der Waals surface area contributed by atoms with Gasteiger partial charge >= 0.3 is 0 Å². The van der Waals surface area contributed by atoms with Crippen LogP contribution in [-0.4, -0.2) is 11.5 Å². The maximum atomic E-state index is 4.73. The molecule has 1 aliphatic carbocycles. The van der Waals surface area contributed by atoms with Crippen LogP contribution in [0.5, 0.6) is 0 Å². The van der Waals surface area contributed by atoms with Crippen LogP contribution in [0.15, 0.2) is 12.1 Å². The molecule has 0 aromatic carbocycles. The Morgan fingerprint density at radius 1 is 1.44 bits per heavy atom. The minimum atomic E-state index is 0. The second-order valence-electron chi connectivity index (χ2n) is 5.23. The largest absolute Gasteiger partial charge is 0.311 e. The van der Waals surface area contributed by atoms with Crippen molar-refractivity contribution < 1.29 is 1.43 Å². The number of aryl methyl sites for hydroxylation is 1. The Hall–Kier alpha value is -0.890. The van der Waals surface area contributed by atoms with Crippen LogP contribution in [-0.2, 0) is 6.54 Å². The molecular weight excluding hydrogens is 196 g/mol. The van der Waals surface area contributed by atoms with Crippen LogP contribution in [0.3, 0.4) is 0 Å². The van der Waals surface area contributed by atoms with Crippen LogP contribution >= 0.6 is 0 Å². The van der Waals surface area contributed by atoms with Crippen molar-refractivity contribution in [1.82, 2.24) is 10.3 Å². The lowest BCUT2D eigenvalue weighted by Crippen LogP contribution is -2.17.